The average molecular weight is 865 g/mol. The molecule has 7 rings (SSSR count). The fraction of sp³-hybridized carbons (Fsp3) is 0.133. The molecule has 0 fully saturated rings. The molecule has 0 radical (unpaired) electrons. The maximum atomic E-state index is 13.3. The maximum absolute atomic E-state index is 13.3. The van der Waals surface area contributed by atoms with E-state index in [0.717, 1.165) is 89.0 Å². The van der Waals surface area contributed by atoms with Crippen LogP contribution in [0.3, 0.4) is 0 Å². The maximum Gasteiger partial charge on any atom is 3.00 e. The van der Waals surface area contributed by atoms with E-state index < -0.39 is 0 Å². The van der Waals surface area contributed by atoms with Gasteiger partial charge in [-0.1, -0.05) is 54.6 Å². The minimum Gasteiger partial charge on any atom is -0.304 e. The summed E-state index contributed by atoms with van der Waals surface area (Å²) in [5.74, 6) is -0.952. The number of hydrogen-bond donors (Lipinski definition) is 0. The van der Waals surface area contributed by atoms with Crippen LogP contribution >= 0.6 is 0 Å². The van der Waals surface area contributed by atoms with Gasteiger partial charge in [-0.15, -0.1) is 89.5 Å². The summed E-state index contributed by atoms with van der Waals surface area (Å²) in [5, 5.41) is 0. The van der Waals surface area contributed by atoms with Crippen LogP contribution in [-0.4, -0.2) is 15.0 Å². The fourth-order valence-corrected chi connectivity index (χ4v) is 6.03. The van der Waals surface area contributed by atoms with Crippen LogP contribution in [0, 0.1) is 35.7 Å². The second-order valence-corrected chi connectivity index (χ2v) is 12.6. The molecule has 0 saturated carbocycles. The van der Waals surface area contributed by atoms with Gasteiger partial charge in [-0.05, 0) is 89.0 Å². The molecule has 3 nitrogen and oxygen atoms in total. The number of halogens is 3. The Bertz CT molecular complexity index is 1920. The summed E-state index contributed by atoms with van der Waals surface area (Å²) in [4.78, 5) is 13.8. The van der Waals surface area contributed by atoms with E-state index in [0.29, 0.717) is 0 Å². The van der Waals surface area contributed by atoms with E-state index in [-0.39, 0.29) is 37.6 Å². The first-order valence-corrected chi connectivity index (χ1v) is 16.9. The van der Waals surface area contributed by atoms with E-state index in [9.17, 15) is 13.2 Å². The van der Waals surface area contributed by atoms with Gasteiger partial charge in [-0.25, -0.2) is 0 Å². The molecule has 52 heavy (non-hydrogen) atoms. The second-order valence-electron chi connectivity index (χ2n) is 12.6. The first kappa shape index (κ1) is 36.6. The third-order valence-corrected chi connectivity index (χ3v) is 8.85. The van der Waals surface area contributed by atoms with Crippen LogP contribution in [0.25, 0.3) is 33.8 Å². The van der Waals surface area contributed by atoms with Gasteiger partial charge >= 0.3 is 20.1 Å². The predicted octanol–water partition coefficient (Wildman–Crippen LogP) is 10.0. The molecule has 0 atom stereocenters. The van der Waals surface area contributed by atoms with Crippen molar-refractivity contribution in [1.29, 1.82) is 0 Å². The summed E-state index contributed by atoms with van der Waals surface area (Å²) < 4.78 is 40.0. The molecule has 3 aromatic heterocycles. The molecule has 0 unspecified atom stereocenters. The number of rotatable bonds is 12. The van der Waals surface area contributed by atoms with Crippen molar-refractivity contribution in [3.8, 4) is 33.8 Å². The largest absolute Gasteiger partial charge is 3.00 e. The van der Waals surface area contributed by atoms with Crippen LogP contribution in [0.5, 0.6) is 0 Å². The minimum atomic E-state index is -0.317. The van der Waals surface area contributed by atoms with Gasteiger partial charge in [0.25, 0.3) is 0 Å². The number of pyridine rings is 3. The molecule has 7 aromatic rings. The Kier molecular flexibility index (Phi) is 12.2. The van der Waals surface area contributed by atoms with Crippen LogP contribution in [0.1, 0.15) is 33.4 Å². The van der Waals surface area contributed by atoms with Crippen molar-refractivity contribution in [3.63, 3.8) is 0 Å². The second kappa shape index (κ2) is 17.3. The third-order valence-electron chi connectivity index (χ3n) is 8.85. The van der Waals surface area contributed by atoms with E-state index in [1.54, 1.807) is 18.2 Å². The Hall–Kier alpha value is -5.23. The molecule has 258 valence electrons. The number of aromatic nitrogens is 3. The normalized spacial score (nSPS) is 10.9. The molecule has 0 amide bonds. The number of nitrogens with zero attached hydrogens (tertiary/aromatic N) is 3. The van der Waals surface area contributed by atoms with Crippen molar-refractivity contribution in [2.45, 2.75) is 38.5 Å². The summed E-state index contributed by atoms with van der Waals surface area (Å²) in [6.07, 6.45) is 10.7. The SMILES string of the molecule is Fc1c[c-]c(-c2ccc(CCc3cc(CCc4ccc(-c5[c-]cc(F)cc5)nc4)cc(CCc4ccc(-c5[c-]cc(F)cc5)nc4)c3)cn2)cc1.[Ir+3]. The summed E-state index contributed by atoms with van der Waals surface area (Å²) >= 11 is 0. The van der Waals surface area contributed by atoms with Gasteiger partial charge in [0.15, 0.2) is 0 Å². The Morgan fingerprint density at radius 1 is 0.365 bits per heavy atom. The summed E-state index contributed by atoms with van der Waals surface area (Å²) in [6.45, 7) is 0. The number of hydrogen-bond acceptors (Lipinski definition) is 3. The molecule has 4 aromatic carbocycles. The van der Waals surface area contributed by atoms with Gasteiger partial charge in [0.05, 0.1) is 0 Å². The van der Waals surface area contributed by atoms with E-state index in [4.69, 9.17) is 0 Å². The van der Waals surface area contributed by atoms with Crippen LogP contribution in [0.15, 0.2) is 128 Å². The smallest absolute Gasteiger partial charge is 0.304 e. The fourth-order valence-electron chi connectivity index (χ4n) is 6.03. The van der Waals surface area contributed by atoms with E-state index in [1.807, 2.05) is 36.8 Å². The van der Waals surface area contributed by atoms with Crippen molar-refractivity contribution in [2.75, 3.05) is 0 Å². The van der Waals surface area contributed by atoms with Crippen molar-refractivity contribution in [2.24, 2.45) is 0 Å². The third kappa shape index (κ3) is 9.75. The number of benzene rings is 4. The molecule has 0 aliphatic carbocycles. The zero-order valence-corrected chi connectivity index (χ0v) is 30.6. The van der Waals surface area contributed by atoms with E-state index >= 15 is 0 Å². The predicted molar refractivity (Wildman–Crippen MR) is 194 cm³/mol. The Labute approximate surface area is 316 Å². The van der Waals surface area contributed by atoms with Crippen molar-refractivity contribution in [3.05, 3.63) is 197 Å². The molecule has 0 saturated heterocycles. The molecule has 0 bridgehead atoms. The molecular formula is C45H33F3IrN3. The standard InChI is InChI=1S/C45H33F3N3.Ir/c46-40-16-10-37(11-17-40)43-22-7-31(28-49-43)1-4-34-25-35(5-2-32-8-23-44(50-29-32)38-12-18-41(47)19-13-38)27-36(26-34)6-3-33-9-24-45(51-30-33)39-14-20-42(48)21-15-39;/h7-10,12,14,16-30H,1-6H2;/q-3;+3. The molecule has 3 heterocycles. The first-order valence-electron chi connectivity index (χ1n) is 16.9. The molecule has 0 N–H and O–H groups in total. The average Bonchev–Trinajstić information content (AvgIpc) is 3.17. The van der Waals surface area contributed by atoms with Crippen molar-refractivity contribution < 1.29 is 33.3 Å². The van der Waals surface area contributed by atoms with Crippen molar-refractivity contribution in [1.82, 2.24) is 15.0 Å². The van der Waals surface area contributed by atoms with Gasteiger partial charge in [0, 0.05) is 36.0 Å². The molecule has 0 aliphatic heterocycles. The summed E-state index contributed by atoms with van der Waals surface area (Å²) in [7, 11) is 0. The van der Waals surface area contributed by atoms with Crippen LogP contribution in [-0.2, 0) is 58.6 Å². The topological polar surface area (TPSA) is 38.7 Å². The Morgan fingerprint density at radius 2 is 0.654 bits per heavy atom. The van der Waals surface area contributed by atoms with Gasteiger partial charge in [0.2, 0.25) is 0 Å². The number of aryl methyl sites for hydroxylation is 6. The first-order chi connectivity index (χ1) is 24.9. The van der Waals surface area contributed by atoms with Crippen LogP contribution in [0.4, 0.5) is 13.2 Å². The van der Waals surface area contributed by atoms with Gasteiger partial charge in [0.1, 0.15) is 0 Å². The molecular weight excluding hydrogens is 832 g/mol. The molecule has 7 heteroatoms. The zero-order valence-electron chi connectivity index (χ0n) is 28.2. The summed E-state index contributed by atoms with van der Waals surface area (Å²) in [5.41, 5.74) is 11.7. The van der Waals surface area contributed by atoms with E-state index in [2.05, 4.69) is 69.5 Å². The molecule has 0 aliphatic rings. The van der Waals surface area contributed by atoms with Crippen LogP contribution < -0.4 is 0 Å². The molecule has 0 spiro atoms. The monoisotopic (exact) mass is 865 g/mol. The van der Waals surface area contributed by atoms with Crippen molar-refractivity contribution >= 4 is 0 Å². The van der Waals surface area contributed by atoms with E-state index in [1.165, 1.54) is 53.1 Å². The Balaban J connectivity index is 0.00000464. The minimum absolute atomic E-state index is 0. The zero-order chi connectivity index (χ0) is 35.0. The van der Waals surface area contributed by atoms with Gasteiger partial charge in [-0.3, -0.25) is 13.2 Å². The Morgan fingerprint density at radius 3 is 0.885 bits per heavy atom. The van der Waals surface area contributed by atoms with Crippen LogP contribution in [0.2, 0.25) is 0 Å². The van der Waals surface area contributed by atoms with Gasteiger partial charge < -0.3 is 15.0 Å². The van der Waals surface area contributed by atoms with Gasteiger partial charge in [-0.2, -0.15) is 0 Å². The quantitative estimate of drug-likeness (QED) is 0.115. The summed E-state index contributed by atoms with van der Waals surface area (Å²) in [6, 6.07) is 41.1.